The van der Waals surface area contributed by atoms with Crippen molar-refractivity contribution in [3.05, 3.63) is 12.0 Å². The number of ether oxygens (including phenoxy) is 2. The zero-order valence-electron chi connectivity index (χ0n) is 9.83. The first-order valence-corrected chi connectivity index (χ1v) is 5.07. The predicted molar refractivity (Wildman–Crippen MR) is 56.8 cm³/mol. The topological polar surface area (TPSA) is 38.7 Å². The second-order valence-electron chi connectivity index (χ2n) is 4.16. The largest absolute Gasteiger partial charge is 0.466 e. The van der Waals surface area contributed by atoms with Gasteiger partial charge in [0, 0.05) is 6.08 Å². The maximum Gasteiger partial charge on any atom is 0.277 e. The van der Waals surface area contributed by atoms with E-state index in [0.29, 0.717) is 19.2 Å². The zero-order valence-corrected chi connectivity index (χ0v) is 9.83. The molecule has 3 nitrogen and oxygen atoms in total. The lowest BCUT2D eigenvalue weighted by Crippen LogP contribution is -2.24. The third-order valence-corrected chi connectivity index (χ3v) is 1.75. The first-order valence-electron chi connectivity index (χ1n) is 5.07. The van der Waals surface area contributed by atoms with Crippen LogP contribution in [-0.2, 0) is 9.47 Å². The van der Waals surface area contributed by atoms with Gasteiger partial charge in [-0.25, -0.2) is 0 Å². The fraction of sp³-hybridized carbons (Fsp3) is 0.818. The summed E-state index contributed by atoms with van der Waals surface area (Å²) in [6.45, 7) is 10.7. The highest BCUT2D eigenvalue weighted by Gasteiger charge is 2.21. The summed E-state index contributed by atoms with van der Waals surface area (Å²) in [7, 11) is 0. The van der Waals surface area contributed by atoms with Gasteiger partial charge < -0.3 is 14.6 Å². The van der Waals surface area contributed by atoms with Gasteiger partial charge in [0.2, 0.25) is 0 Å². The van der Waals surface area contributed by atoms with E-state index in [1.54, 1.807) is 6.08 Å². The maximum absolute atomic E-state index is 9.77. The normalized spacial score (nSPS) is 13.3. The lowest BCUT2D eigenvalue weighted by Gasteiger charge is -2.23. The average Bonchev–Trinajstić information content (AvgIpc) is 2.03. The summed E-state index contributed by atoms with van der Waals surface area (Å²) in [4.78, 5) is 0. The molecule has 0 bridgehead atoms. The maximum atomic E-state index is 9.77. The number of aliphatic hydroxyl groups is 1. The molecule has 0 aliphatic carbocycles. The number of rotatable bonds is 5. The Bertz CT molecular complexity index is 171. The van der Waals surface area contributed by atoms with Crippen LogP contribution in [0.15, 0.2) is 12.0 Å². The third kappa shape index (κ3) is 5.12. The van der Waals surface area contributed by atoms with Crippen molar-refractivity contribution in [3.63, 3.8) is 0 Å². The van der Waals surface area contributed by atoms with Crippen LogP contribution in [0.1, 0.15) is 34.6 Å². The van der Waals surface area contributed by atoms with E-state index in [1.807, 2.05) is 34.6 Å². The van der Waals surface area contributed by atoms with Crippen molar-refractivity contribution in [2.45, 2.75) is 40.7 Å². The summed E-state index contributed by atoms with van der Waals surface area (Å²) >= 11 is 0. The van der Waals surface area contributed by atoms with Crippen molar-refractivity contribution in [2.75, 3.05) is 13.2 Å². The average molecular weight is 202 g/mol. The molecule has 0 rings (SSSR count). The lowest BCUT2D eigenvalue weighted by atomic mass is 9.89. The van der Waals surface area contributed by atoms with Crippen LogP contribution in [0.4, 0.5) is 0 Å². The molecule has 0 amide bonds. The molecule has 0 fully saturated rings. The van der Waals surface area contributed by atoms with Crippen molar-refractivity contribution in [1.29, 1.82) is 0 Å². The molecule has 0 aliphatic heterocycles. The predicted octanol–water partition coefficient (Wildman–Crippen LogP) is 2.31. The van der Waals surface area contributed by atoms with Gasteiger partial charge in [-0.05, 0) is 19.3 Å². The van der Waals surface area contributed by atoms with E-state index in [1.165, 1.54) is 0 Å². The molecule has 0 spiro atoms. The summed E-state index contributed by atoms with van der Waals surface area (Å²) in [5.41, 5.74) is -0.195. The van der Waals surface area contributed by atoms with Gasteiger partial charge in [0.25, 0.3) is 5.95 Å². The summed E-state index contributed by atoms with van der Waals surface area (Å²) in [6, 6.07) is 0. The van der Waals surface area contributed by atoms with Crippen LogP contribution in [0, 0.1) is 5.41 Å². The van der Waals surface area contributed by atoms with Gasteiger partial charge in [0.05, 0.1) is 19.3 Å². The van der Waals surface area contributed by atoms with E-state index in [4.69, 9.17) is 9.47 Å². The Balaban J connectivity index is 4.39. The van der Waals surface area contributed by atoms with Gasteiger partial charge in [-0.1, -0.05) is 20.8 Å². The van der Waals surface area contributed by atoms with Crippen molar-refractivity contribution in [2.24, 2.45) is 5.41 Å². The van der Waals surface area contributed by atoms with Crippen molar-refractivity contribution in [1.82, 2.24) is 0 Å². The fourth-order valence-corrected chi connectivity index (χ4v) is 0.801. The SMILES string of the molecule is CCOC(=C[C@H](O)C(C)(C)C)OCC. The molecule has 1 atom stereocenters. The van der Waals surface area contributed by atoms with Crippen LogP contribution in [0.5, 0.6) is 0 Å². The zero-order chi connectivity index (χ0) is 11.2. The van der Waals surface area contributed by atoms with Gasteiger partial charge >= 0.3 is 0 Å². The van der Waals surface area contributed by atoms with Crippen LogP contribution >= 0.6 is 0 Å². The minimum Gasteiger partial charge on any atom is -0.466 e. The Labute approximate surface area is 86.7 Å². The van der Waals surface area contributed by atoms with Crippen LogP contribution in [0.3, 0.4) is 0 Å². The standard InChI is InChI=1S/C11H22O3/c1-6-13-10(14-7-2)8-9(12)11(3,4)5/h8-9,12H,6-7H2,1-5H3/t9-/m0/s1. The van der Waals surface area contributed by atoms with E-state index in [-0.39, 0.29) is 5.41 Å². The van der Waals surface area contributed by atoms with Gasteiger partial charge in [-0.2, -0.15) is 0 Å². The molecule has 0 saturated carbocycles. The smallest absolute Gasteiger partial charge is 0.277 e. The second-order valence-corrected chi connectivity index (χ2v) is 4.16. The fourth-order valence-electron chi connectivity index (χ4n) is 0.801. The molecule has 0 aromatic heterocycles. The van der Waals surface area contributed by atoms with E-state index in [0.717, 1.165) is 0 Å². The first kappa shape index (κ1) is 13.3. The van der Waals surface area contributed by atoms with Crippen molar-refractivity contribution < 1.29 is 14.6 Å². The van der Waals surface area contributed by atoms with Crippen molar-refractivity contribution >= 4 is 0 Å². The highest BCUT2D eigenvalue weighted by atomic mass is 16.7. The van der Waals surface area contributed by atoms with Crippen LogP contribution in [0.25, 0.3) is 0 Å². The number of hydrogen-bond donors (Lipinski definition) is 1. The van der Waals surface area contributed by atoms with Crippen LogP contribution in [-0.4, -0.2) is 24.4 Å². The highest BCUT2D eigenvalue weighted by molar-refractivity contribution is 4.95. The summed E-state index contributed by atoms with van der Waals surface area (Å²) in [5.74, 6) is 0.414. The molecule has 0 heterocycles. The Morgan fingerprint density at radius 1 is 1.21 bits per heavy atom. The number of aliphatic hydroxyl groups excluding tert-OH is 1. The number of hydrogen-bond acceptors (Lipinski definition) is 3. The second kappa shape index (κ2) is 5.91. The summed E-state index contributed by atoms with van der Waals surface area (Å²) in [6.07, 6.45) is 1.06. The quantitative estimate of drug-likeness (QED) is 0.695. The van der Waals surface area contributed by atoms with E-state index in [2.05, 4.69) is 0 Å². The molecular weight excluding hydrogens is 180 g/mol. The molecule has 0 aromatic carbocycles. The monoisotopic (exact) mass is 202 g/mol. The minimum atomic E-state index is -0.560. The van der Waals surface area contributed by atoms with Gasteiger partial charge in [0.1, 0.15) is 0 Å². The molecule has 0 radical (unpaired) electrons. The van der Waals surface area contributed by atoms with Crippen LogP contribution < -0.4 is 0 Å². The molecular formula is C11H22O3. The van der Waals surface area contributed by atoms with Gasteiger partial charge in [-0.3, -0.25) is 0 Å². The summed E-state index contributed by atoms with van der Waals surface area (Å²) in [5, 5.41) is 9.77. The first-order chi connectivity index (χ1) is 6.41. The molecule has 0 unspecified atom stereocenters. The molecule has 3 heteroatoms. The van der Waals surface area contributed by atoms with E-state index in [9.17, 15) is 5.11 Å². The Morgan fingerprint density at radius 2 is 1.64 bits per heavy atom. The molecule has 0 saturated heterocycles. The Morgan fingerprint density at radius 3 is 1.93 bits per heavy atom. The molecule has 0 aliphatic rings. The minimum absolute atomic E-state index is 0.195. The van der Waals surface area contributed by atoms with E-state index >= 15 is 0 Å². The highest BCUT2D eigenvalue weighted by Crippen LogP contribution is 2.21. The molecule has 84 valence electrons. The summed E-state index contributed by atoms with van der Waals surface area (Å²) < 4.78 is 10.5. The van der Waals surface area contributed by atoms with E-state index < -0.39 is 6.10 Å². The van der Waals surface area contributed by atoms with Crippen LogP contribution in [0.2, 0.25) is 0 Å². The Kier molecular flexibility index (Phi) is 5.62. The molecule has 0 aromatic rings. The molecule has 14 heavy (non-hydrogen) atoms. The van der Waals surface area contributed by atoms with Gasteiger partial charge in [0.15, 0.2) is 0 Å². The van der Waals surface area contributed by atoms with Gasteiger partial charge in [-0.15, -0.1) is 0 Å². The third-order valence-electron chi connectivity index (χ3n) is 1.75. The van der Waals surface area contributed by atoms with Crippen molar-refractivity contribution in [3.8, 4) is 0 Å². The molecule has 1 N–H and O–H groups in total. The lowest BCUT2D eigenvalue weighted by molar-refractivity contribution is 0.0313. The Hall–Kier alpha value is -0.700.